The topological polar surface area (TPSA) is 131 Å². The summed E-state index contributed by atoms with van der Waals surface area (Å²) in [7, 11) is 0. The zero-order chi connectivity index (χ0) is 23.4. The van der Waals surface area contributed by atoms with Crippen LogP contribution in [0.1, 0.15) is 46.5 Å². The molecule has 0 spiro atoms. The van der Waals surface area contributed by atoms with E-state index in [9.17, 15) is 19.8 Å². The van der Waals surface area contributed by atoms with Gasteiger partial charge in [0.25, 0.3) is 11.8 Å². The van der Waals surface area contributed by atoms with Gasteiger partial charge in [-0.2, -0.15) is 0 Å². The molecule has 3 aromatic rings. The fourth-order valence-corrected chi connectivity index (χ4v) is 4.74. The number of hydrogen-bond donors (Lipinski definition) is 4. The highest BCUT2D eigenvalue weighted by molar-refractivity contribution is 7.09. The van der Waals surface area contributed by atoms with Crippen LogP contribution < -0.4 is 5.32 Å². The van der Waals surface area contributed by atoms with Crippen molar-refractivity contribution in [1.82, 2.24) is 25.2 Å². The highest BCUT2D eigenvalue weighted by Crippen LogP contribution is 2.30. The van der Waals surface area contributed by atoms with Crippen LogP contribution in [0, 0.1) is 6.92 Å². The molecule has 10 heteroatoms. The van der Waals surface area contributed by atoms with Crippen LogP contribution in [0.25, 0.3) is 0 Å². The molecule has 0 bridgehead atoms. The zero-order valence-corrected chi connectivity index (χ0v) is 19.1. The molecule has 174 valence electrons. The molecule has 1 unspecified atom stereocenters. The lowest BCUT2D eigenvalue weighted by molar-refractivity contribution is -0.154. The Kier molecular flexibility index (Phi) is 7.17. The molecule has 3 heterocycles. The molecule has 33 heavy (non-hydrogen) atoms. The Morgan fingerprint density at radius 2 is 2.12 bits per heavy atom. The van der Waals surface area contributed by atoms with Crippen molar-refractivity contribution in [2.45, 2.75) is 51.0 Å². The Morgan fingerprint density at radius 3 is 2.88 bits per heavy atom. The standard InChI is InChI=1S/C23H27N5O4S/c1-14-5-2-3-6-15(14)11-16-13-33-18(27-16)12-26-22(31)19(29)20(30)23(32)28-10-4-7-17(28)21-24-8-9-25-21/h2-3,5-6,8-9,13,17,19-20,29-30H,4,7,10-12H2,1H3,(H,24,25)(H,26,31)/t17?,19-,20-/m1/s1. The molecule has 1 fully saturated rings. The van der Waals surface area contributed by atoms with E-state index in [1.165, 1.54) is 27.4 Å². The van der Waals surface area contributed by atoms with Crippen LogP contribution >= 0.6 is 11.3 Å². The first kappa shape index (κ1) is 23.1. The number of aliphatic hydroxyl groups is 2. The van der Waals surface area contributed by atoms with Gasteiger partial charge in [0, 0.05) is 30.7 Å². The molecule has 4 N–H and O–H groups in total. The van der Waals surface area contributed by atoms with Crippen LogP contribution in [0.2, 0.25) is 0 Å². The number of benzene rings is 1. The van der Waals surface area contributed by atoms with Gasteiger partial charge in [-0.05, 0) is 30.9 Å². The van der Waals surface area contributed by atoms with Gasteiger partial charge in [-0.25, -0.2) is 9.97 Å². The maximum absolute atomic E-state index is 12.8. The van der Waals surface area contributed by atoms with Crippen LogP contribution in [0.5, 0.6) is 0 Å². The lowest BCUT2D eigenvalue weighted by Gasteiger charge is -2.27. The molecular formula is C23H27N5O4S. The number of nitrogens with zero attached hydrogens (tertiary/aromatic N) is 3. The molecule has 2 amide bonds. The van der Waals surface area contributed by atoms with Crippen molar-refractivity contribution < 1.29 is 19.8 Å². The van der Waals surface area contributed by atoms with E-state index >= 15 is 0 Å². The summed E-state index contributed by atoms with van der Waals surface area (Å²) in [6.45, 7) is 2.59. The highest BCUT2D eigenvalue weighted by atomic mass is 32.1. The van der Waals surface area contributed by atoms with Gasteiger partial charge in [-0.3, -0.25) is 9.59 Å². The predicted molar refractivity (Wildman–Crippen MR) is 122 cm³/mol. The second kappa shape index (κ2) is 10.2. The number of aromatic amines is 1. The number of aromatic nitrogens is 3. The molecule has 9 nitrogen and oxygen atoms in total. The van der Waals surface area contributed by atoms with Gasteiger partial charge in [-0.15, -0.1) is 11.3 Å². The summed E-state index contributed by atoms with van der Waals surface area (Å²) in [4.78, 5) is 38.3. The van der Waals surface area contributed by atoms with Crippen molar-refractivity contribution >= 4 is 23.2 Å². The number of carbonyl (C=O) groups excluding carboxylic acids is 2. The van der Waals surface area contributed by atoms with E-state index in [0.29, 0.717) is 30.2 Å². The van der Waals surface area contributed by atoms with Crippen LogP contribution in [0.3, 0.4) is 0 Å². The summed E-state index contributed by atoms with van der Waals surface area (Å²) in [6.07, 6.45) is 1.68. The van der Waals surface area contributed by atoms with Crippen molar-refractivity contribution in [3.63, 3.8) is 0 Å². The Hall–Kier alpha value is -3.08. The third-order valence-electron chi connectivity index (χ3n) is 5.84. The van der Waals surface area contributed by atoms with E-state index in [4.69, 9.17) is 0 Å². The van der Waals surface area contributed by atoms with E-state index < -0.39 is 24.0 Å². The number of aryl methyl sites for hydroxylation is 1. The average Bonchev–Trinajstić information content (AvgIpc) is 3.59. The molecule has 1 aromatic carbocycles. The van der Waals surface area contributed by atoms with Gasteiger partial charge in [0.2, 0.25) is 0 Å². The fraction of sp³-hybridized carbons (Fsp3) is 0.391. The second-order valence-electron chi connectivity index (χ2n) is 8.11. The first-order valence-electron chi connectivity index (χ1n) is 10.9. The number of likely N-dealkylation sites (tertiary alicyclic amines) is 1. The minimum Gasteiger partial charge on any atom is -0.380 e. The van der Waals surface area contributed by atoms with E-state index in [-0.39, 0.29) is 12.6 Å². The Balaban J connectivity index is 1.31. The predicted octanol–water partition coefficient (Wildman–Crippen LogP) is 1.47. The molecule has 3 atom stereocenters. The third kappa shape index (κ3) is 5.29. The number of nitrogens with one attached hydrogen (secondary N) is 2. The minimum atomic E-state index is -1.87. The summed E-state index contributed by atoms with van der Waals surface area (Å²) in [5.74, 6) is -0.885. The normalized spacial score (nSPS) is 17.7. The second-order valence-corrected chi connectivity index (χ2v) is 9.05. The maximum Gasteiger partial charge on any atom is 0.255 e. The van der Waals surface area contributed by atoms with Gasteiger partial charge < -0.3 is 25.4 Å². The van der Waals surface area contributed by atoms with Crippen molar-refractivity contribution in [2.75, 3.05) is 6.54 Å². The van der Waals surface area contributed by atoms with Crippen LogP contribution in [-0.2, 0) is 22.6 Å². The molecule has 1 aliphatic heterocycles. The van der Waals surface area contributed by atoms with E-state index in [2.05, 4.69) is 39.3 Å². The number of aliphatic hydroxyl groups excluding tert-OH is 2. The molecule has 0 aliphatic carbocycles. The molecule has 1 saturated heterocycles. The van der Waals surface area contributed by atoms with Crippen molar-refractivity contribution in [3.8, 4) is 0 Å². The lowest BCUT2D eigenvalue weighted by Crippen LogP contribution is -2.50. The summed E-state index contributed by atoms with van der Waals surface area (Å²) in [5, 5.41) is 25.8. The van der Waals surface area contributed by atoms with Gasteiger partial charge in [0.05, 0.1) is 18.3 Å². The Bertz CT molecular complexity index is 1100. The van der Waals surface area contributed by atoms with Crippen LogP contribution in [-0.4, -0.2) is 60.6 Å². The molecular weight excluding hydrogens is 442 g/mol. The number of hydrogen-bond acceptors (Lipinski definition) is 7. The quantitative estimate of drug-likeness (QED) is 0.395. The molecule has 0 saturated carbocycles. The first-order chi connectivity index (χ1) is 15.9. The van der Waals surface area contributed by atoms with Gasteiger partial charge >= 0.3 is 0 Å². The molecule has 1 aliphatic rings. The number of amides is 2. The molecule has 0 radical (unpaired) electrons. The van der Waals surface area contributed by atoms with E-state index in [1.807, 2.05) is 17.5 Å². The van der Waals surface area contributed by atoms with Crippen LogP contribution in [0.4, 0.5) is 0 Å². The van der Waals surface area contributed by atoms with Crippen molar-refractivity contribution in [1.29, 1.82) is 0 Å². The van der Waals surface area contributed by atoms with Crippen molar-refractivity contribution in [3.05, 3.63) is 69.7 Å². The number of imidazole rings is 1. The largest absolute Gasteiger partial charge is 0.380 e. The number of rotatable bonds is 8. The fourth-order valence-electron chi connectivity index (χ4n) is 4.00. The Labute approximate surface area is 195 Å². The SMILES string of the molecule is Cc1ccccc1Cc1csc(CNC(=O)[C@H](O)[C@@H](O)C(=O)N2CCCC2c2ncc[nH]2)n1. The maximum atomic E-state index is 12.8. The van der Waals surface area contributed by atoms with Gasteiger partial charge in [0.1, 0.15) is 10.8 Å². The van der Waals surface area contributed by atoms with Gasteiger partial charge in [0.15, 0.2) is 12.2 Å². The summed E-state index contributed by atoms with van der Waals surface area (Å²) < 4.78 is 0. The van der Waals surface area contributed by atoms with E-state index in [1.54, 1.807) is 12.4 Å². The zero-order valence-electron chi connectivity index (χ0n) is 18.3. The monoisotopic (exact) mass is 469 g/mol. The Morgan fingerprint density at radius 1 is 1.30 bits per heavy atom. The number of carbonyl (C=O) groups is 2. The van der Waals surface area contributed by atoms with Gasteiger partial charge in [-0.1, -0.05) is 24.3 Å². The molecule has 2 aromatic heterocycles. The average molecular weight is 470 g/mol. The lowest BCUT2D eigenvalue weighted by atomic mass is 10.1. The smallest absolute Gasteiger partial charge is 0.255 e. The molecule has 4 rings (SSSR count). The first-order valence-corrected chi connectivity index (χ1v) is 11.7. The van der Waals surface area contributed by atoms with Crippen molar-refractivity contribution in [2.24, 2.45) is 0 Å². The van der Waals surface area contributed by atoms with Crippen LogP contribution in [0.15, 0.2) is 42.0 Å². The summed E-state index contributed by atoms with van der Waals surface area (Å²) >= 11 is 1.41. The number of thiazole rings is 1. The van der Waals surface area contributed by atoms with E-state index in [0.717, 1.165) is 12.1 Å². The summed E-state index contributed by atoms with van der Waals surface area (Å²) in [5.41, 5.74) is 3.27. The third-order valence-corrected chi connectivity index (χ3v) is 6.74. The number of H-pyrrole nitrogens is 1. The minimum absolute atomic E-state index is 0.105. The summed E-state index contributed by atoms with van der Waals surface area (Å²) in [6, 6.07) is 7.78. The highest BCUT2D eigenvalue weighted by Gasteiger charge is 2.39.